The Hall–Kier alpha value is -0.0800. The van der Waals surface area contributed by atoms with Gasteiger partial charge in [-0.2, -0.15) is 0 Å². The molecule has 2 nitrogen and oxygen atoms in total. The van der Waals surface area contributed by atoms with Crippen molar-refractivity contribution in [2.45, 2.75) is 57.8 Å². The van der Waals surface area contributed by atoms with Crippen molar-refractivity contribution in [3.8, 4) is 0 Å². The van der Waals surface area contributed by atoms with Gasteiger partial charge in [0, 0.05) is 0 Å². The molecular weight excluding hydrogens is 138 g/mol. The summed E-state index contributed by atoms with van der Waals surface area (Å²) in [6.45, 7) is 2.06. The highest BCUT2D eigenvalue weighted by atomic mass is 16.5. The third kappa shape index (κ3) is 3.21. The van der Waals surface area contributed by atoms with Gasteiger partial charge in [0.15, 0.2) is 0 Å². The minimum atomic E-state index is -0.0295. The van der Waals surface area contributed by atoms with Crippen LogP contribution in [0, 0.1) is 0 Å². The molecule has 0 bridgehead atoms. The van der Waals surface area contributed by atoms with Gasteiger partial charge in [-0.15, -0.1) is 0 Å². The topological polar surface area (TPSA) is 35.2 Å². The molecule has 0 radical (unpaired) electrons. The van der Waals surface area contributed by atoms with Gasteiger partial charge in [-0.3, -0.25) is 0 Å². The van der Waals surface area contributed by atoms with E-state index in [-0.39, 0.29) is 6.23 Å². The monoisotopic (exact) mass is 157 g/mol. The Morgan fingerprint density at radius 2 is 2.00 bits per heavy atom. The lowest BCUT2D eigenvalue weighted by molar-refractivity contribution is -0.0280. The van der Waals surface area contributed by atoms with E-state index in [4.69, 9.17) is 10.5 Å². The second-order valence-corrected chi connectivity index (χ2v) is 3.34. The molecule has 0 heterocycles. The first-order chi connectivity index (χ1) is 5.33. The largest absolute Gasteiger partial charge is 0.360 e. The molecule has 0 aromatic rings. The maximum atomic E-state index is 5.68. The molecule has 1 unspecified atom stereocenters. The van der Waals surface area contributed by atoms with Crippen molar-refractivity contribution in [2.75, 3.05) is 0 Å². The van der Waals surface area contributed by atoms with E-state index in [2.05, 4.69) is 6.92 Å². The number of ether oxygens (including phenoxy) is 1. The minimum absolute atomic E-state index is 0.0295. The normalized spacial score (nSPS) is 23.5. The lowest BCUT2D eigenvalue weighted by Crippen LogP contribution is -2.30. The minimum Gasteiger partial charge on any atom is -0.360 e. The molecule has 0 spiro atoms. The number of nitrogens with two attached hydrogens (primary N) is 1. The van der Waals surface area contributed by atoms with Gasteiger partial charge in [0.1, 0.15) is 6.23 Å². The first-order valence-electron chi connectivity index (χ1n) is 4.74. The maximum Gasteiger partial charge on any atom is 0.105 e. The molecular formula is C9H19NO. The summed E-state index contributed by atoms with van der Waals surface area (Å²) in [5.74, 6) is 0. The summed E-state index contributed by atoms with van der Waals surface area (Å²) in [4.78, 5) is 0. The smallest absolute Gasteiger partial charge is 0.105 e. The number of rotatable bonds is 3. The summed E-state index contributed by atoms with van der Waals surface area (Å²) in [5.41, 5.74) is 5.68. The summed E-state index contributed by atoms with van der Waals surface area (Å²) in [7, 11) is 0. The van der Waals surface area contributed by atoms with Gasteiger partial charge in [-0.1, -0.05) is 26.2 Å². The highest BCUT2D eigenvalue weighted by molar-refractivity contribution is 4.66. The van der Waals surface area contributed by atoms with E-state index in [9.17, 15) is 0 Å². The van der Waals surface area contributed by atoms with E-state index in [1.807, 2.05) is 0 Å². The van der Waals surface area contributed by atoms with E-state index in [0.29, 0.717) is 6.10 Å². The van der Waals surface area contributed by atoms with Crippen LogP contribution in [0.5, 0.6) is 0 Å². The fourth-order valence-corrected chi connectivity index (χ4v) is 1.54. The number of hydrogen-bond acceptors (Lipinski definition) is 2. The predicted octanol–water partition coefficient (Wildman–Crippen LogP) is 2.03. The van der Waals surface area contributed by atoms with E-state index in [0.717, 1.165) is 6.42 Å². The Balaban J connectivity index is 2.13. The second kappa shape index (κ2) is 4.73. The molecule has 1 aliphatic rings. The zero-order valence-electron chi connectivity index (χ0n) is 7.38. The molecule has 1 saturated carbocycles. The van der Waals surface area contributed by atoms with Crippen molar-refractivity contribution in [1.82, 2.24) is 0 Å². The van der Waals surface area contributed by atoms with Gasteiger partial charge in [0.05, 0.1) is 6.10 Å². The zero-order chi connectivity index (χ0) is 8.10. The third-order valence-corrected chi connectivity index (χ3v) is 2.32. The average Bonchev–Trinajstić information content (AvgIpc) is 2.06. The van der Waals surface area contributed by atoms with Gasteiger partial charge in [0.25, 0.3) is 0 Å². The van der Waals surface area contributed by atoms with Crippen LogP contribution in [0.1, 0.15) is 45.4 Å². The van der Waals surface area contributed by atoms with E-state index >= 15 is 0 Å². The van der Waals surface area contributed by atoms with Gasteiger partial charge < -0.3 is 10.5 Å². The first-order valence-corrected chi connectivity index (χ1v) is 4.74. The third-order valence-electron chi connectivity index (χ3n) is 2.32. The lowest BCUT2D eigenvalue weighted by atomic mass is 9.98. The number of hydrogen-bond donors (Lipinski definition) is 1. The first kappa shape index (κ1) is 9.01. The Labute approximate surface area is 69.1 Å². The SMILES string of the molecule is CCC(N)OC1CCCCC1. The Morgan fingerprint density at radius 3 is 2.55 bits per heavy atom. The van der Waals surface area contributed by atoms with E-state index < -0.39 is 0 Å². The molecule has 0 aromatic carbocycles. The molecule has 1 fully saturated rings. The second-order valence-electron chi connectivity index (χ2n) is 3.34. The molecule has 1 rings (SSSR count). The van der Waals surface area contributed by atoms with Crippen LogP contribution in [-0.2, 0) is 4.74 Å². The van der Waals surface area contributed by atoms with Crippen LogP contribution in [-0.4, -0.2) is 12.3 Å². The van der Waals surface area contributed by atoms with Crippen molar-refractivity contribution in [2.24, 2.45) is 5.73 Å². The van der Waals surface area contributed by atoms with Crippen LogP contribution in [0.2, 0.25) is 0 Å². The van der Waals surface area contributed by atoms with Crippen molar-refractivity contribution < 1.29 is 4.74 Å². The fourth-order valence-electron chi connectivity index (χ4n) is 1.54. The van der Waals surface area contributed by atoms with Crippen molar-refractivity contribution >= 4 is 0 Å². The molecule has 0 aliphatic heterocycles. The molecule has 2 N–H and O–H groups in total. The molecule has 0 saturated heterocycles. The molecule has 1 aliphatic carbocycles. The Kier molecular flexibility index (Phi) is 3.87. The van der Waals surface area contributed by atoms with E-state index in [1.54, 1.807) is 0 Å². The predicted molar refractivity (Wildman–Crippen MR) is 46.2 cm³/mol. The molecule has 11 heavy (non-hydrogen) atoms. The van der Waals surface area contributed by atoms with Crippen LogP contribution < -0.4 is 5.73 Å². The van der Waals surface area contributed by atoms with Gasteiger partial charge in [-0.05, 0) is 19.3 Å². The highest BCUT2D eigenvalue weighted by Crippen LogP contribution is 2.20. The quantitative estimate of drug-likeness (QED) is 0.636. The van der Waals surface area contributed by atoms with Crippen LogP contribution in [0.15, 0.2) is 0 Å². The molecule has 1 atom stereocenters. The Morgan fingerprint density at radius 1 is 1.36 bits per heavy atom. The Bertz CT molecular complexity index is 99.7. The van der Waals surface area contributed by atoms with Crippen LogP contribution in [0.3, 0.4) is 0 Å². The summed E-state index contributed by atoms with van der Waals surface area (Å²) < 4.78 is 5.62. The average molecular weight is 157 g/mol. The van der Waals surface area contributed by atoms with Crippen molar-refractivity contribution in [3.05, 3.63) is 0 Å². The molecule has 0 amide bonds. The molecule has 2 heteroatoms. The van der Waals surface area contributed by atoms with Crippen LogP contribution in [0.25, 0.3) is 0 Å². The summed E-state index contributed by atoms with van der Waals surface area (Å²) >= 11 is 0. The van der Waals surface area contributed by atoms with Gasteiger partial charge in [0.2, 0.25) is 0 Å². The highest BCUT2D eigenvalue weighted by Gasteiger charge is 2.15. The van der Waals surface area contributed by atoms with Gasteiger partial charge in [-0.25, -0.2) is 0 Å². The van der Waals surface area contributed by atoms with E-state index in [1.165, 1.54) is 32.1 Å². The van der Waals surface area contributed by atoms with Gasteiger partial charge >= 0.3 is 0 Å². The van der Waals surface area contributed by atoms with Crippen molar-refractivity contribution in [3.63, 3.8) is 0 Å². The maximum absolute atomic E-state index is 5.68. The molecule has 66 valence electrons. The zero-order valence-corrected chi connectivity index (χ0v) is 7.38. The fraction of sp³-hybridized carbons (Fsp3) is 1.00. The standard InChI is InChI=1S/C9H19NO/c1-2-9(10)11-8-6-4-3-5-7-8/h8-9H,2-7,10H2,1H3. The van der Waals surface area contributed by atoms with Crippen molar-refractivity contribution in [1.29, 1.82) is 0 Å². The summed E-state index contributed by atoms with van der Waals surface area (Å²) in [6.07, 6.45) is 7.80. The van der Waals surface area contributed by atoms with Crippen LogP contribution in [0.4, 0.5) is 0 Å². The lowest BCUT2D eigenvalue weighted by Gasteiger charge is -2.24. The molecule has 0 aromatic heterocycles. The summed E-state index contributed by atoms with van der Waals surface area (Å²) in [6, 6.07) is 0. The summed E-state index contributed by atoms with van der Waals surface area (Å²) in [5, 5.41) is 0. The van der Waals surface area contributed by atoms with Crippen LogP contribution >= 0.6 is 0 Å².